The molecule has 1 unspecified atom stereocenters. The van der Waals surface area contributed by atoms with E-state index in [1.807, 2.05) is 19.1 Å². The van der Waals surface area contributed by atoms with Crippen molar-refractivity contribution in [2.75, 3.05) is 13.7 Å². The molecule has 0 aromatic carbocycles. The Labute approximate surface area is 212 Å². The zero-order valence-corrected chi connectivity index (χ0v) is 21.4. The minimum atomic E-state index is -2.10. The fraction of sp³-hybridized carbons (Fsp3) is 0.741. The average Bonchev–Trinajstić information content (AvgIpc) is 3.14. The maximum Gasteiger partial charge on any atom is 0.305 e. The van der Waals surface area contributed by atoms with Crippen LogP contribution in [0.4, 0.5) is 0 Å². The smallest absolute Gasteiger partial charge is 0.305 e. The molecule has 4 N–H and O–H groups in total. The second kappa shape index (κ2) is 12.4. The Morgan fingerprint density at radius 2 is 1.97 bits per heavy atom. The normalized spacial score (nSPS) is 32.1. The molecule has 2 bridgehead atoms. The van der Waals surface area contributed by atoms with Gasteiger partial charge in [-0.2, -0.15) is 0 Å². The van der Waals surface area contributed by atoms with E-state index in [1.54, 1.807) is 0 Å². The van der Waals surface area contributed by atoms with Gasteiger partial charge in [0, 0.05) is 48.9 Å². The van der Waals surface area contributed by atoms with Gasteiger partial charge < -0.3 is 30.1 Å². The van der Waals surface area contributed by atoms with Gasteiger partial charge >= 0.3 is 5.97 Å². The molecule has 0 radical (unpaired) electrons. The summed E-state index contributed by atoms with van der Waals surface area (Å²) in [5.41, 5.74) is -0.327. The van der Waals surface area contributed by atoms with E-state index < -0.39 is 41.1 Å². The Balaban J connectivity index is 1.62. The Morgan fingerprint density at radius 3 is 2.69 bits per heavy atom. The molecule has 0 aromatic rings. The first kappa shape index (κ1) is 28.5. The summed E-state index contributed by atoms with van der Waals surface area (Å²) in [6.07, 6.45) is 8.34. The quantitative estimate of drug-likeness (QED) is 0.158. The van der Waals surface area contributed by atoms with Crippen LogP contribution in [0.3, 0.4) is 0 Å². The molecule has 9 nitrogen and oxygen atoms in total. The van der Waals surface area contributed by atoms with Crippen LogP contribution in [-0.2, 0) is 23.9 Å². The van der Waals surface area contributed by atoms with Gasteiger partial charge in [-0.25, -0.2) is 0 Å². The van der Waals surface area contributed by atoms with Crippen molar-refractivity contribution in [1.82, 2.24) is 5.32 Å². The molecule has 1 aliphatic carbocycles. The molecule has 2 heterocycles. The zero-order valence-electron chi connectivity index (χ0n) is 21.4. The third-order valence-corrected chi connectivity index (χ3v) is 7.88. The molecule has 6 atom stereocenters. The maximum atomic E-state index is 13.0. The highest BCUT2D eigenvalue weighted by Crippen LogP contribution is 2.57. The lowest BCUT2D eigenvalue weighted by atomic mass is 9.58. The molecular weight excluding hydrogens is 466 g/mol. The number of carbonyl (C=O) groups is 3. The van der Waals surface area contributed by atoms with Crippen LogP contribution in [0.5, 0.6) is 0 Å². The summed E-state index contributed by atoms with van der Waals surface area (Å²) in [4.78, 5) is 36.8. The van der Waals surface area contributed by atoms with Crippen molar-refractivity contribution in [3.8, 4) is 0 Å². The fourth-order valence-corrected chi connectivity index (χ4v) is 5.89. The van der Waals surface area contributed by atoms with E-state index in [1.165, 1.54) is 13.2 Å². The van der Waals surface area contributed by atoms with Gasteiger partial charge in [-0.15, -0.1) is 0 Å². The Bertz CT molecular complexity index is 870. The minimum Gasteiger partial charge on any atom is -0.469 e. The molecule has 3 aliphatic rings. The van der Waals surface area contributed by atoms with Gasteiger partial charge in [0.1, 0.15) is 6.10 Å². The van der Waals surface area contributed by atoms with Crippen LogP contribution >= 0.6 is 0 Å². The highest BCUT2D eigenvalue weighted by Gasteiger charge is 2.66. The van der Waals surface area contributed by atoms with Crippen LogP contribution in [-0.4, -0.2) is 70.6 Å². The number of β-amino-alcohol motifs (C(OH)–C–C–N with tert-alkyl or cyclic N) is 1. The number of carbonyl (C=O) groups excluding carboxylic acids is 3. The number of aliphatic hydroxyl groups excluding tert-OH is 2. The summed E-state index contributed by atoms with van der Waals surface area (Å²) >= 11 is 0. The van der Waals surface area contributed by atoms with Gasteiger partial charge in [-0.05, 0) is 25.7 Å². The number of unbranched alkanes of at least 4 members (excludes halogenated alkanes) is 4. The number of hydrogen-bond acceptors (Lipinski definition) is 9. The number of allylic oxidation sites excluding steroid dienone is 2. The monoisotopic (exact) mass is 507 g/mol. The second-order valence-electron chi connectivity index (χ2n) is 10.3. The lowest BCUT2D eigenvalue weighted by Crippen LogP contribution is -2.63. The molecule has 0 saturated carbocycles. The molecule has 1 spiro atoms. The van der Waals surface area contributed by atoms with Crippen molar-refractivity contribution in [1.29, 1.82) is 0 Å². The van der Waals surface area contributed by atoms with Crippen LogP contribution in [0.15, 0.2) is 23.9 Å². The molecule has 0 amide bonds. The minimum absolute atomic E-state index is 0.0628. The first-order valence-corrected chi connectivity index (χ1v) is 13.2. The number of esters is 1. The van der Waals surface area contributed by atoms with Crippen molar-refractivity contribution in [3.63, 3.8) is 0 Å². The number of ketones is 2. The van der Waals surface area contributed by atoms with Crippen LogP contribution in [0, 0.1) is 11.3 Å². The van der Waals surface area contributed by atoms with Crippen molar-refractivity contribution in [2.45, 2.75) is 102 Å². The van der Waals surface area contributed by atoms with Crippen molar-refractivity contribution in [2.24, 2.45) is 11.3 Å². The molecule has 2 aliphatic heterocycles. The molecule has 36 heavy (non-hydrogen) atoms. The number of rotatable bonds is 14. The molecular formula is C27H41NO8. The molecule has 0 aromatic heterocycles. The van der Waals surface area contributed by atoms with E-state index >= 15 is 0 Å². The van der Waals surface area contributed by atoms with Crippen molar-refractivity contribution < 1.29 is 39.2 Å². The van der Waals surface area contributed by atoms with Gasteiger partial charge in [-0.3, -0.25) is 14.4 Å². The number of hydrogen-bond donors (Lipinski definition) is 4. The van der Waals surface area contributed by atoms with Gasteiger partial charge in [0.15, 0.2) is 5.78 Å². The predicted octanol–water partition coefficient (Wildman–Crippen LogP) is 2.08. The molecule has 2 fully saturated rings. The molecule has 9 heteroatoms. The van der Waals surface area contributed by atoms with E-state index in [9.17, 15) is 29.7 Å². The summed E-state index contributed by atoms with van der Waals surface area (Å²) in [5, 5.41) is 35.7. The first-order valence-electron chi connectivity index (χ1n) is 13.2. The number of methoxy groups -OCH3 is 1. The standard InChI is InChI=1S/C27H41NO8/c1-3-4-8-11-18-21(14-20(30)19(29)12-9-6-5-7-10-13-25(33)35-2)36-27(34)17-26(18)22(15-23(27)31)28-16-24(26)32/h4,8,15,18-19,21,24,28-29,32,34H,3,5-7,9-14,16-17H2,1-2H3/b8-4-/t18-,19-,21+,24+,26?,27-/m1/s1. The van der Waals surface area contributed by atoms with Crippen molar-refractivity contribution in [3.05, 3.63) is 23.9 Å². The SMILES string of the molecule is CC/C=C\C[C@@H]1[C@H](CC(=O)[C@H](O)CCCCCCCC(=O)OC)O[C@]2(O)CC13C(=CC2=O)NC[C@@H]3O. The summed E-state index contributed by atoms with van der Waals surface area (Å²) in [7, 11) is 1.37. The van der Waals surface area contributed by atoms with E-state index in [0.29, 0.717) is 31.4 Å². The van der Waals surface area contributed by atoms with Gasteiger partial charge in [-0.1, -0.05) is 44.8 Å². The van der Waals surface area contributed by atoms with E-state index in [-0.39, 0.29) is 31.3 Å². The third kappa shape index (κ3) is 6.07. The lowest BCUT2D eigenvalue weighted by molar-refractivity contribution is -0.286. The zero-order chi connectivity index (χ0) is 26.3. The number of fused-ring (bicyclic) bond motifs is 1. The van der Waals surface area contributed by atoms with Crippen molar-refractivity contribution >= 4 is 17.5 Å². The van der Waals surface area contributed by atoms with Crippen LogP contribution in [0.2, 0.25) is 0 Å². The largest absolute Gasteiger partial charge is 0.469 e. The molecule has 3 rings (SSSR count). The first-order chi connectivity index (χ1) is 17.2. The maximum absolute atomic E-state index is 13.0. The van der Waals surface area contributed by atoms with E-state index in [2.05, 4.69) is 10.1 Å². The highest BCUT2D eigenvalue weighted by atomic mass is 16.6. The van der Waals surface area contributed by atoms with Gasteiger partial charge in [0.2, 0.25) is 11.6 Å². The Kier molecular flexibility index (Phi) is 9.86. The number of ether oxygens (including phenoxy) is 2. The van der Waals surface area contributed by atoms with E-state index in [0.717, 1.165) is 32.1 Å². The summed E-state index contributed by atoms with van der Waals surface area (Å²) in [5.74, 6) is -3.66. The van der Waals surface area contributed by atoms with E-state index in [4.69, 9.17) is 4.74 Å². The number of nitrogens with one attached hydrogen (secondary N) is 1. The number of Topliss-reactive ketones (excluding diaryl/α,β-unsaturated/α-hetero) is 1. The van der Waals surface area contributed by atoms with Gasteiger partial charge in [0.05, 0.1) is 19.3 Å². The van der Waals surface area contributed by atoms with Gasteiger partial charge in [0.25, 0.3) is 0 Å². The molecule has 2 saturated heterocycles. The topological polar surface area (TPSA) is 142 Å². The third-order valence-electron chi connectivity index (χ3n) is 7.88. The molecule has 202 valence electrons. The fourth-order valence-electron chi connectivity index (χ4n) is 5.89. The van der Waals surface area contributed by atoms with Crippen LogP contribution < -0.4 is 5.32 Å². The summed E-state index contributed by atoms with van der Waals surface area (Å²) in [6.45, 7) is 2.27. The lowest BCUT2D eigenvalue weighted by Gasteiger charge is -2.54. The highest BCUT2D eigenvalue weighted by molar-refractivity contribution is 5.98. The average molecular weight is 508 g/mol. The summed E-state index contributed by atoms with van der Waals surface area (Å²) in [6, 6.07) is 0. The van der Waals surface area contributed by atoms with Crippen LogP contribution in [0.25, 0.3) is 0 Å². The summed E-state index contributed by atoms with van der Waals surface area (Å²) < 4.78 is 10.5. The second-order valence-corrected chi connectivity index (χ2v) is 10.3. The number of aliphatic hydroxyl groups is 3. The Hall–Kier alpha value is -2.07. The predicted molar refractivity (Wildman–Crippen MR) is 131 cm³/mol. The Morgan fingerprint density at radius 1 is 1.25 bits per heavy atom. The van der Waals surface area contributed by atoms with Crippen LogP contribution in [0.1, 0.15) is 77.6 Å².